The van der Waals surface area contributed by atoms with E-state index in [4.69, 9.17) is 0 Å². The van der Waals surface area contributed by atoms with Crippen molar-refractivity contribution in [1.82, 2.24) is 19.5 Å². The number of aromatic nitrogens is 4. The second-order valence-corrected chi connectivity index (χ2v) is 4.42. The van der Waals surface area contributed by atoms with Gasteiger partial charge in [-0.3, -0.25) is 4.98 Å². The van der Waals surface area contributed by atoms with Crippen LogP contribution in [0.25, 0.3) is 11.0 Å². The molecule has 0 aromatic carbocycles. The molecule has 3 heterocycles. The van der Waals surface area contributed by atoms with Crippen LogP contribution in [0.5, 0.6) is 0 Å². The Kier molecular flexibility index (Phi) is 3.10. The van der Waals surface area contributed by atoms with E-state index < -0.39 is 0 Å². The van der Waals surface area contributed by atoms with E-state index in [1.54, 1.807) is 12.5 Å². The summed E-state index contributed by atoms with van der Waals surface area (Å²) in [7, 11) is 1.98. The maximum Gasteiger partial charge on any atom is 0.154 e. The van der Waals surface area contributed by atoms with Gasteiger partial charge in [-0.25, -0.2) is 9.97 Å². The van der Waals surface area contributed by atoms with E-state index in [2.05, 4.69) is 20.3 Å². The molecule has 96 valence electrons. The summed E-state index contributed by atoms with van der Waals surface area (Å²) in [6.07, 6.45) is 8.17. The molecule has 0 fully saturated rings. The van der Waals surface area contributed by atoms with Gasteiger partial charge in [0.05, 0.1) is 11.8 Å². The molecule has 1 N–H and O–H groups in total. The Labute approximate surface area is 111 Å². The molecule has 3 aromatic rings. The SMILES string of the molecule is Cn1cnc2c(NCCc3ccncc3)nccc21. The Balaban J connectivity index is 1.72. The van der Waals surface area contributed by atoms with Gasteiger partial charge in [0.25, 0.3) is 0 Å². The number of nitrogens with one attached hydrogen (secondary N) is 1. The molecule has 0 radical (unpaired) electrons. The van der Waals surface area contributed by atoms with E-state index in [-0.39, 0.29) is 0 Å². The Hall–Kier alpha value is -2.43. The fourth-order valence-electron chi connectivity index (χ4n) is 2.07. The lowest BCUT2D eigenvalue weighted by molar-refractivity contribution is 0.947. The van der Waals surface area contributed by atoms with Crippen molar-refractivity contribution in [2.75, 3.05) is 11.9 Å². The highest BCUT2D eigenvalue weighted by Crippen LogP contribution is 2.18. The molecule has 3 rings (SSSR count). The molecule has 0 aliphatic heterocycles. The van der Waals surface area contributed by atoms with Gasteiger partial charge in [0.15, 0.2) is 5.82 Å². The van der Waals surface area contributed by atoms with Crippen LogP contribution in [0.1, 0.15) is 5.56 Å². The fraction of sp³-hybridized carbons (Fsp3) is 0.214. The largest absolute Gasteiger partial charge is 0.368 e. The Morgan fingerprint density at radius 3 is 2.79 bits per heavy atom. The maximum atomic E-state index is 4.37. The van der Waals surface area contributed by atoms with Crippen LogP contribution in [0.4, 0.5) is 5.82 Å². The third-order valence-corrected chi connectivity index (χ3v) is 3.10. The molecule has 0 spiro atoms. The van der Waals surface area contributed by atoms with Crippen molar-refractivity contribution in [2.45, 2.75) is 6.42 Å². The summed E-state index contributed by atoms with van der Waals surface area (Å²) >= 11 is 0. The first-order valence-electron chi connectivity index (χ1n) is 6.23. The quantitative estimate of drug-likeness (QED) is 0.773. The maximum absolute atomic E-state index is 4.37. The molecule has 0 amide bonds. The van der Waals surface area contributed by atoms with E-state index in [0.29, 0.717) is 0 Å². The zero-order valence-corrected chi connectivity index (χ0v) is 10.7. The molecule has 0 saturated carbocycles. The van der Waals surface area contributed by atoms with Gasteiger partial charge in [0.2, 0.25) is 0 Å². The van der Waals surface area contributed by atoms with E-state index in [9.17, 15) is 0 Å². The minimum atomic E-state index is 0.826. The molecule has 0 aliphatic carbocycles. The van der Waals surface area contributed by atoms with Crippen LogP contribution in [0.15, 0.2) is 43.1 Å². The van der Waals surface area contributed by atoms with Crippen LogP contribution in [-0.4, -0.2) is 26.1 Å². The van der Waals surface area contributed by atoms with Crippen molar-refractivity contribution in [3.8, 4) is 0 Å². The van der Waals surface area contributed by atoms with E-state index in [1.165, 1.54) is 5.56 Å². The van der Waals surface area contributed by atoms with Crippen LogP contribution in [0.2, 0.25) is 0 Å². The standard InChI is InChI=1S/C14H15N5/c1-19-10-18-13-12(19)5-9-17-14(13)16-8-4-11-2-6-15-7-3-11/h2-3,5-7,9-10H,4,8H2,1H3,(H,16,17). The summed E-state index contributed by atoms with van der Waals surface area (Å²) in [5, 5.41) is 3.34. The second-order valence-electron chi connectivity index (χ2n) is 4.42. The van der Waals surface area contributed by atoms with Crippen LogP contribution in [0, 0.1) is 0 Å². The molecule has 0 unspecified atom stereocenters. The fourth-order valence-corrected chi connectivity index (χ4v) is 2.07. The van der Waals surface area contributed by atoms with Crippen LogP contribution in [0.3, 0.4) is 0 Å². The Morgan fingerprint density at radius 1 is 1.11 bits per heavy atom. The lowest BCUT2D eigenvalue weighted by Crippen LogP contribution is -2.06. The number of hydrogen-bond acceptors (Lipinski definition) is 4. The molecule has 0 aliphatic rings. The normalized spacial score (nSPS) is 10.8. The molecule has 0 atom stereocenters. The summed E-state index contributed by atoms with van der Waals surface area (Å²) in [5.74, 6) is 0.840. The van der Waals surface area contributed by atoms with Crippen molar-refractivity contribution >= 4 is 16.9 Å². The van der Waals surface area contributed by atoms with Gasteiger partial charge in [-0.15, -0.1) is 0 Å². The van der Waals surface area contributed by atoms with Crippen molar-refractivity contribution in [2.24, 2.45) is 7.05 Å². The average molecular weight is 253 g/mol. The summed E-state index contributed by atoms with van der Waals surface area (Å²) in [6, 6.07) is 6.02. The highest BCUT2D eigenvalue weighted by molar-refractivity contribution is 5.85. The van der Waals surface area contributed by atoms with Crippen molar-refractivity contribution in [3.05, 3.63) is 48.7 Å². The first-order chi connectivity index (χ1) is 9.34. The predicted octanol–water partition coefficient (Wildman–Crippen LogP) is 2.02. The number of rotatable bonds is 4. The van der Waals surface area contributed by atoms with E-state index in [1.807, 2.05) is 42.2 Å². The smallest absolute Gasteiger partial charge is 0.154 e. The second kappa shape index (κ2) is 5.06. The number of pyridine rings is 2. The lowest BCUT2D eigenvalue weighted by atomic mass is 10.2. The third kappa shape index (κ3) is 2.40. The average Bonchev–Trinajstić information content (AvgIpc) is 2.83. The van der Waals surface area contributed by atoms with Crippen molar-refractivity contribution in [3.63, 3.8) is 0 Å². The zero-order valence-electron chi connectivity index (χ0n) is 10.7. The third-order valence-electron chi connectivity index (χ3n) is 3.10. The molecular weight excluding hydrogens is 238 g/mol. The summed E-state index contributed by atoms with van der Waals surface area (Å²) in [4.78, 5) is 12.7. The predicted molar refractivity (Wildman–Crippen MR) is 74.9 cm³/mol. The monoisotopic (exact) mass is 253 g/mol. The van der Waals surface area contributed by atoms with Gasteiger partial charge in [-0.1, -0.05) is 0 Å². The van der Waals surface area contributed by atoms with Crippen LogP contribution in [-0.2, 0) is 13.5 Å². The minimum absolute atomic E-state index is 0.826. The molecule has 5 nitrogen and oxygen atoms in total. The molecule has 0 saturated heterocycles. The zero-order chi connectivity index (χ0) is 13.1. The highest BCUT2D eigenvalue weighted by atomic mass is 15.1. The van der Waals surface area contributed by atoms with E-state index >= 15 is 0 Å². The number of imidazole rings is 1. The van der Waals surface area contributed by atoms with Gasteiger partial charge in [0.1, 0.15) is 5.52 Å². The Bertz CT molecular complexity index is 675. The molecular formula is C14H15N5. The summed E-state index contributed by atoms with van der Waals surface area (Å²) in [5.41, 5.74) is 3.26. The van der Waals surface area contributed by atoms with Crippen LogP contribution < -0.4 is 5.32 Å². The van der Waals surface area contributed by atoms with E-state index in [0.717, 1.165) is 29.8 Å². The number of hydrogen-bond donors (Lipinski definition) is 1. The molecule has 0 bridgehead atoms. The summed E-state index contributed by atoms with van der Waals surface area (Å²) < 4.78 is 1.99. The van der Waals surface area contributed by atoms with Gasteiger partial charge in [-0.2, -0.15) is 0 Å². The lowest BCUT2D eigenvalue weighted by Gasteiger charge is -2.06. The molecule has 5 heteroatoms. The summed E-state index contributed by atoms with van der Waals surface area (Å²) in [6.45, 7) is 0.826. The Morgan fingerprint density at radius 2 is 1.95 bits per heavy atom. The number of aryl methyl sites for hydroxylation is 1. The molecule has 19 heavy (non-hydrogen) atoms. The highest BCUT2D eigenvalue weighted by Gasteiger charge is 2.05. The topological polar surface area (TPSA) is 55.6 Å². The number of anilines is 1. The van der Waals surface area contributed by atoms with Crippen molar-refractivity contribution in [1.29, 1.82) is 0 Å². The minimum Gasteiger partial charge on any atom is -0.368 e. The van der Waals surface area contributed by atoms with Crippen molar-refractivity contribution < 1.29 is 0 Å². The van der Waals surface area contributed by atoms with Gasteiger partial charge in [-0.05, 0) is 30.2 Å². The number of nitrogens with zero attached hydrogens (tertiary/aromatic N) is 4. The first kappa shape index (κ1) is 11.6. The van der Waals surface area contributed by atoms with Gasteiger partial charge >= 0.3 is 0 Å². The van der Waals surface area contributed by atoms with Gasteiger partial charge < -0.3 is 9.88 Å². The van der Waals surface area contributed by atoms with Gasteiger partial charge in [0, 0.05) is 32.2 Å². The van der Waals surface area contributed by atoms with Crippen LogP contribution >= 0.6 is 0 Å². The first-order valence-corrected chi connectivity index (χ1v) is 6.23. The molecule has 3 aromatic heterocycles. The number of fused-ring (bicyclic) bond motifs is 1.